The number of nitrogens with one attached hydrogen (secondary N) is 1. The highest BCUT2D eigenvalue weighted by molar-refractivity contribution is 8.21. The van der Waals surface area contributed by atoms with E-state index in [0.29, 0.717) is 17.8 Å². The van der Waals surface area contributed by atoms with E-state index in [1.807, 2.05) is 48.9 Å². The Morgan fingerprint density at radius 1 is 0.923 bits per heavy atom. The van der Waals surface area contributed by atoms with E-state index in [-0.39, 0.29) is 11.8 Å². The van der Waals surface area contributed by atoms with Crippen molar-refractivity contribution in [3.05, 3.63) is 81.7 Å². The zero-order chi connectivity index (χ0) is 18.9. The number of benzene rings is 2. The molecule has 0 fully saturated rings. The van der Waals surface area contributed by atoms with Gasteiger partial charge in [0.25, 0.3) is 11.8 Å². The quantitative estimate of drug-likeness (QED) is 0.732. The second kappa shape index (κ2) is 10.1. The Labute approximate surface area is 163 Å². The van der Waals surface area contributed by atoms with E-state index in [4.69, 9.17) is 0 Å². The standard InChI is InChI=1S/C20H22N2O2S2/c1-22(14-15-10-6-4-7-11-15)19(24)17(20(25-2)26-3)21-18(23)16-12-8-5-9-13-16/h4-13H,14H2,1-3H3,(H,21,23). The average molecular weight is 387 g/mol. The van der Waals surface area contributed by atoms with Crippen LogP contribution >= 0.6 is 23.5 Å². The summed E-state index contributed by atoms with van der Waals surface area (Å²) in [5.41, 5.74) is 1.87. The van der Waals surface area contributed by atoms with Crippen molar-refractivity contribution in [2.45, 2.75) is 6.54 Å². The van der Waals surface area contributed by atoms with Crippen LogP contribution in [0, 0.1) is 0 Å². The molecular weight excluding hydrogens is 364 g/mol. The molecule has 0 bridgehead atoms. The Hall–Kier alpha value is -2.18. The average Bonchev–Trinajstić information content (AvgIpc) is 2.68. The van der Waals surface area contributed by atoms with Crippen molar-refractivity contribution in [1.82, 2.24) is 10.2 Å². The summed E-state index contributed by atoms with van der Waals surface area (Å²) in [5, 5.41) is 2.81. The summed E-state index contributed by atoms with van der Waals surface area (Å²) in [6, 6.07) is 18.7. The molecule has 0 radical (unpaired) electrons. The van der Waals surface area contributed by atoms with Crippen molar-refractivity contribution >= 4 is 35.3 Å². The first-order valence-corrected chi connectivity index (χ1v) is 10.5. The predicted octanol–water partition coefficient (Wildman–Crippen LogP) is 3.97. The summed E-state index contributed by atoms with van der Waals surface area (Å²) in [4.78, 5) is 27.2. The molecule has 2 rings (SSSR count). The molecule has 0 heterocycles. The molecule has 0 aliphatic heterocycles. The van der Waals surface area contributed by atoms with E-state index in [1.54, 1.807) is 36.2 Å². The van der Waals surface area contributed by atoms with Gasteiger partial charge in [0.1, 0.15) is 5.70 Å². The first-order valence-electron chi connectivity index (χ1n) is 8.04. The molecule has 1 N–H and O–H groups in total. The minimum absolute atomic E-state index is 0.211. The molecule has 0 atom stereocenters. The Morgan fingerprint density at radius 2 is 1.46 bits per heavy atom. The maximum atomic E-state index is 13.0. The molecule has 136 valence electrons. The highest BCUT2D eigenvalue weighted by atomic mass is 32.2. The third-order valence-corrected chi connectivity index (χ3v) is 5.82. The van der Waals surface area contributed by atoms with Gasteiger partial charge in [0.2, 0.25) is 0 Å². The van der Waals surface area contributed by atoms with E-state index in [1.165, 1.54) is 23.5 Å². The molecule has 2 aromatic rings. The molecule has 26 heavy (non-hydrogen) atoms. The maximum absolute atomic E-state index is 13.0. The van der Waals surface area contributed by atoms with Gasteiger partial charge >= 0.3 is 0 Å². The number of hydrogen-bond donors (Lipinski definition) is 1. The Kier molecular flexibility index (Phi) is 7.81. The van der Waals surface area contributed by atoms with Gasteiger partial charge in [-0.25, -0.2) is 0 Å². The molecular formula is C20H22N2O2S2. The lowest BCUT2D eigenvalue weighted by Crippen LogP contribution is -2.36. The summed E-state index contributed by atoms with van der Waals surface area (Å²) >= 11 is 2.90. The minimum atomic E-state index is -0.289. The van der Waals surface area contributed by atoms with Crippen LogP contribution in [0.4, 0.5) is 0 Å². The highest BCUT2D eigenvalue weighted by Gasteiger charge is 2.22. The second-order valence-electron chi connectivity index (χ2n) is 5.54. The fourth-order valence-corrected chi connectivity index (χ4v) is 3.73. The summed E-state index contributed by atoms with van der Waals surface area (Å²) in [6.45, 7) is 0.473. The Balaban J connectivity index is 2.23. The van der Waals surface area contributed by atoms with Crippen LogP contribution in [0.3, 0.4) is 0 Å². The van der Waals surface area contributed by atoms with Gasteiger partial charge in [-0.05, 0) is 30.2 Å². The SMILES string of the molecule is CSC(SC)=C(NC(=O)c1ccccc1)C(=O)N(C)Cc1ccccc1. The number of thioether (sulfide) groups is 2. The van der Waals surface area contributed by atoms with Crippen molar-refractivity contribution in [3.63, 3.8) is 0 Å². The second-order valence-corrected chi connectivity index (χ2v) is 7.43. The first-order chi connectivity index (χ1) is 12.6. The molecule has 0 spiro atoms. The van der Waals surface area contributed by atoms with E-state index in [9.17, 15) is 9.59 Å². The van der Waals surface area contributed by atoms with Gasteiger partial charge in [-0.3, -0.25) is 9.59 Å². The molecule has 0 aromatic heterocycles. The van der Waals surface area contributed by atoms with Crippen LogP contribution in [0.15, 0.2) is 70.6 Å². The van der Waals surface area contributed by atoms with Gasteiger partial charge in [-0.2, -0.15) is 0 Å². The van der Waals surface area contributed by atoms with E-state index in [0.717, 1.165) is 9.80 Å². The summed E-state index contributed by atoms with van der Waals surface area (Å²) < 4.78 is 0.777. The van der Waals surface area contributed by atoms with Crippen molar-refractivity contribution in [2.75, 3.05) is 19.6 Å². The van der Waals surface area contributed by atoms with Gasteiger partial charge < -0.3 is 10.2 Å². The molecule has 0 aliphatic rings. The molecule has 4 nitrogen and oxygen atoms in total. The molecule has 0 unspecified atom stereocenters. The largest absolute Gasteiger partial charge is 0.336 e. The van der Waals surface area contributed by atoms with Crippen LogP contribution in [0.1, 0.15) is 15.9 Å². The fourth-order valence-electron chi connectivity index (χ4n) is 2.37. The smallest absolute Gasteiger partial charge is 0.272 e. The number of amides is 2. The lowest BCUT2D eigenvalue weighted by atomic mass is 10.2. The first kappa shape index (κ1) is 20.1. The Morgan fingerprint density at radius 3 is 2.00 bits per heavy atom. The highest BCUT2D eigenvalue weighted by Crippen LogP contribution is 2.27. The van der Waals surface area contributed by atoms with Gasteiger partial charge in [-0.1, -0.05) is 48.5 Å². The third kappa shape index (κ3) is 5.41. The number of nitrogens with zero attached hydrogens (tertiary/aromatic N) is 1. The van der Waals surface area contributed by atoms with E-state index in [2.05, 4.69) is 5.32 Å². The molecule has 0 aliphatic carbocycles. The fraction of sp³-hybridized carbons (Fsp3) is 0.200. The molecule has 6 heteroatoms. The predicted molar refractivity (Wildman–Crippen MR) is 111 cm³/mol. The molecule has 2 amide bonds. The van der Waals surface area contributed by atoms with Crippen LogP contribution in [-0.2, 0) is 11.3 Å². The lowest BCUT2D eigenvalue weighted by molar-refractivity contribution is -0.126. The van der Waals surface area contributed by atoms with Crippen molar-refractivity contribution in [1.29, 1.82) is 0 Å². The van der Waals surface area contributed by atoms with Crippen LogP contribution in [0.2, 0.25) is 0 Å². The number of hydrogen-bond acceptors (Lipinski definition) is 4. The monoisotopic (exact) mass is 386 g/mol. The normalized spacial score (nSPS) is 10.1. The molecule has 2 aromatic carbocycles. The number of rotatable bonds is 7. The molecule has 0 saturated carbocycles. The van der Waals surface area contributed by atoms with Crippen LogP contribution in [-0.4, -0.2) is 36.3 Å². The van der Waals surface area contributed by atoms with Crippen molar-refractivity contribution in [3.8, 4) is 0 Å². The molecule has 0 saturated heterocycles. The number of carbonyl (C=O) groups excluding carboxylic acids is 2. The summed E-state index contributed by atoms with van der Waals surface area (Å²) in [7, 11) is 1.74. The number of likely N-dealkylation sites (N-methyl/N-ethyl adjacent to an activating group) is 1. The number of carbonyl (C=O) groups is 2. The van der Waals surface area contributed by atoms with Gasteiger partial charge in [-0.15, -0.1) is 23.5 Å². The maximum Gasteiger partial charge on any atom is 0.272 e. The zero-order valence-electron chi connectivity index (χ0n) is 15.1. The van der Waals surface area contributed by atoms with Crippen molar-refractivity contribution in [2.24, 2.45) is 0 Å². The summed E-state index contributed by atoms with van der Waals surface area (Å²) in [6.07, 6.45) is 3.79. The van der Waals surface area contributed by atoms with Crippen molar-refractivity contribution < 1.29 is 9.59 Å². The van der Waals surface area contributed by atoms with Gasteiger partial charge in [0.15, 0.2) is 0 Å². The van der Waals surface area contributed by atoms with Gasteiger partial charge in [0.05, 0.1) is 4.24 Å². The topological polar surface area (TPSA) is 49.4 Å². The van der Waals surface area contributed by atoms with Crippen LogP contribution < -0.4 is 5.32 Å². The zero-order valence-corrected chi connectivity index (χ0v) is 16.7. The van der Waals surface area contributed by atoms with Crippen LogP contribution in [0.5, 0.6) is 0 Å². The minimum Gasteiger partial charge on any atom is -0.336 e. The van der Waals surface area contributed by atoms with Crippen LogP contribution in [0.25, 0.3) is 0 Å². The third-order valence-electron chi connectivity index (χ3n) is 3.67. The van der Waals surface area contributed by atoms with E-state index < -0.39 is 0 Å². The van der Waals surface area contributed by atoms with E-state index >= 15 is 0 Å². The summed E-state index contributed by atoms with van der Waals surface area (Å²) in [5.74, 6) is -0.500. The Bertz CT molecular complexity index is 771. The van der Waals surface area contributed by atoms with Gasteiger partial charge in [0, 0.05) is 19.2 Å². The lowest BCUT2D eigenvalue weighted by Gasteiger charge is -2.21.